The molecule has 0 saturated heterocycles. The molecule has 2 aliphatic carbocycles. The zero-order valence-electron chi connectivity index (χ0n) is 22.8. The number of halogens is 6. The van der Waals surface area contributed by atoms with Gasteiger partial charge in [-0.25, -0.2) is 4.68 Å². The van der Waals surface area contributed by atoms with Crippen LogP contribution in [-0.2, 0) is 36.5 Å². The third kappa shape index (κ3) is 5.04. The quantitative estimate of drug-likeness (QED) is 0.369. The lowest BCUT2D eigenvalue weighted by molar-refractivity contribution is -0.354. The number of anilines is 1. The molecule has 0 bridgehead atoms. The van der Waals surface area contributed by atoms with Crippen LogP contribution in [0.25, 0.3) is 0 Å². The van der Waals surface area contributed by atoms with Crippen molar-refractivity contribution < 1.29 is 35.9 Å². The average molecular weight is 595 g/mol. The topological polar surface area (TPSA) is 85.2 Å². The highest BCUT2D eigenvalue weighted by molar-refractivity contribution is 6.10. The minimum Gasteiger partial charge on any atom is -0.307 e. The zero-order chi connectivity index (χ0) is 30.1. The van der Waals surface area contributed by atoms with E-state index in [-0.39, 0.29) is 42.6 Å². The van der Waals surface area contributed by atoms with Crippen LogP contribution in [0.4, 0.5) is 32.0 Å². The van der Waals surface area contributed by atoms with Gasteiger partial charge >= 0.3 is 12.5 Å². The van der Waals surface area contributed by atoms with Gasteiger partial charge in [0.2, 0.25) is 0 Å². The first-order valence-electron chi connectivity index (χ1n) is 13.6. The second-order valence-electron chi connectivity index (χ2n) is 11.7. The number of carbonyl (C=O) groups is 1. The summed E-state index contributed by atoms with van der Waals surface area (Å²) in [6, 6.07) is 9.11. The van der Waals surface area contributed by atoms with Gasteiger partial charge in [-0.15, -0.1) is 18.3 Å². The third-order valence-electron chi connectivity index (χ3n) is 8.79. The van der Waals surface area contributed by atoms with E-state index in [1.54, 1.807) is 31.3 Å². The van der Waals surface area contributed by atoms with Gasteiger partial charge in [-0.2, -0.15) is 13.2 Å². The van der Waals surface area contributed by atoms with Crippen LogP contribution in [0.5, 0.6) is 0 Å². The van der Waals surface area contributed by atoms with Gasteiger partial charge < -0.3 is 10.2 Å². The first kappa shape index (κ1) is 28.6. The van der Waals surface area contributed by atoms with Crippen molar-refractivity contribution in [2.75, 3.05) is 4.90 Å². The van der Waals surface area contributed by atoms with E-state index in [0.29, 0.717) is 22.6 Å². The Bertz CT molecular complexity index is 1520. The van der Waals surface area contributed by atoms with E-state index in [9.17, 15) is 31.1 Å². The number of nitrogens with one attached hydrogen (secondary N) is 1. The lowest BCUT2D eigenvalue weighted by Crippen LogP contribution is -2.50. The molecular formula is C28H28F6N6O2. The standard InChI is InChI=1S/C28H28F6N6O2/c1-25(7-4-8-25)35-14-16-9-20-21(22(10-16)27(29,30)31)15-40(23(20)41)18-6-3-5-17(11-18)26(24-36-37-38-39(24)2)12-19(13-26)42-28(32,33)34/h3,5-6,9-11,19,35H,4,7-8,12-15H2,1-2H3/t19-,26-. The summed E-state index contributed by atoms with van der Waals surface area (Å²) in [4.78, 5) is 14.9. The molecule has 1 aromatic heterocycles. The van der Waals surface area contributed by atoms with Crippen molar-refractivity contribution in [2.45, 2.75) is 81.7 Å². The van der Waals surface area contributed by atoms with E-state index < -0.39 is 35.5 Å². The second kappa shape index (κ2) is 9.76. The Hall–Kier alpha value is -3.52. The number of tetrazole rings is 1. The summed E-state index contributed by atoms with van der Waals surface area (Å²) >= 11 is 0. The maximum absolute atomic E-state index is 14.2. The molecule has 2 saturated carbocycles. The third-order valence-corrected chi connectivity index (χ3v) is 8.79. The molecule has 0 unspecified atom stereocenters. The molecule has 2 aromatic carbocycles. The molecule has 3 aliphatic rings. The highest BCUT2D eigenvalue weighted by Gasteiger charge is 2.54. The number of ether oxygens (including phenoxy) is 1. The number of rotatable bonds is 7. The lowest BCUT2D eigenvalue weighted by Gasteiger charge is -2.46. The lowest BCUT2D eigenvalue weighted by atomic mass is 9.62. The molecule has 8 nitrogen and oxygen atoms in total. The van der Waals surface area contributed by atoms with Crippen LogP contribution >= 0.6 is 0 Å². The van der Waals surface area contributed by atoms with Gasteiger partial charge in [0.1, 0.15) is 0 Å². The predicted octanol–water partition coefficient (Wildman–Crippen LogP) is 5.41. The number of alkyl halides is 6. The van der Waals surface area contributed by atoms with E-state index in [4.69, 9.17) is 0 Å². The van der Waals surface area contributed by atoms with Crippen LogP contribution in [0.3, 0.4) is 0 Å². The number of fused-ring (bicyclic) bond motifs is 1. The fourth-order valence-electron chi connectivity index (χ4n) is 6.37. The highest BCUT2D eigenvalue weighted by Crippen LogP contribution is 2.51. The molecule has 3 aromatic rings. The van der Waals surface area contributed by atoms with E-state index in [0.717, 1.165) is 25.3 Å². The van der Waals surface area contributed by atoms with Gasteiger partial charge in [-0.3, -0.25) is 9.53 Å². The molecule has 42 heavy (non-hydrogen) atoms. The number of aryl methyl sites for hydroxylation is 1. The van der Waals surface area contributed by atoms with Crippen molar-refractivity contribution in [3.05, 3.63) is 70.0 Å². The first-order chi connectivity index (χ1) is 19.7. The highest BCUT2D eigenvalue weighted by atomic mass is 19.4. The van der Waals surface area contributed by atoms with Crippen LogP contribution in [0.15, 0.2) is 36.4 Å². The van der Waals surface area contributed by atoms with Crippen LogP contribution in [0.1, 0.15) is 77.5 Å². The molecular weight excluding hydrogens is 566 g/mol. The summed E-state index contributed by atoms with van der Waals surface area (Å²) in [6.45, 7) is 1.93. The van der Waals surface area contributed by atoms with E-state index >= 15 is 0 Å². The van der Waals surface area contributed by atoms with Gasteiger partial charge in [-0.1, -0.05) is 12.1 Å². The van der Waals surface area contributed by atoms with Crippen LogP contribution in [-0.4, -0.2) is 44.1 Å². The number of aromatic nitrogens is 4. The maximum Gasteiger partial charge on any atom is 0.522 e. The Kier molecular flexibility index (Phi) is 6.65. The van der Waals surface area contributed by atoms with Gasteiger partial charge in [0, 0.05) is 30.4 Å². The van der Waals surface area contributed by atoms with Crippen molar-refractivity contribution in [2.24, 2.45) is 7.05 Å². The minimum absolute atomic E-state index is 0.0136. The van der Waals surface area contributed by atoms with Crippen molar-refractivity contribution in [3.63, 3.8) is 0 Å². The molecule has 2 fully saturated rings. The van der Waals surface area contributed by atoms with Crippen molar-refractivity contribution in [1.29, 1.82) is 0 Å². The SMILES string of the molecule is Cn1nnnc1[C@]1(c2cccc(N3Cc4c(cc(CNC5(C)CCC5)cc4C(F)(F)F)C3=O)c2)C[C@@H](OC(F)(F)F)C1. The van der Waals surface area contributed by atoms with Crippen molar-refractivity contribution in [1.82, 2.24) is 25.5 Å². The van der Waals surface area contributed by atoms with Crippen LogP contribution in [0.2, 0.25) is 0 Å². The molecule has 224 valence electrons. The number of hydrogen-bond acceptors (Lipinski definition) is 6. The molecule has 2 heterocycles. The monoisotopic (exact) mass is 594 g/mol. The number of amides is 1. The Morgan fingerprint density at radius 1 is 1.10 bits per heavy atom. The largest absolute Gasteiger partial charge is 0.522 e. The van der Waals surface area contributed by atoms with Crippen molar-refractivity contribution >= 4 is 11.6 Å². The van der Waals surface area contributed by atoms with Gasteiger partial charge in [0.25, 0.3) is 5.91 Å². The Labute approximate surface area is 237 Å². The number of carbonyl (C=O) groups excluding carboxylic acids is 1. The van der Waals surface area contributed by atoms with Crippen LogP contribution < -0.4 is 10.2 Å². The van der Waals surface area contributed by atoms with E-state index in [2.05, 4.69) is 25.6 Å². The maximum atomic E-state index is 14.2. The molecule has 14 heteroatoms. The molecule has 1 N–H and O–H groups in total. The fraction of sp³-hybridized carbons (Fsp3) is 0.500. The Balaban J connectivity index is 1.32. The Morgan fingerprint density at radius 2 is 1.83 bits per heavy atom. The summed E-state index contributed by atoms with van der Waals surface area (Å²) in [5.74, 6) is -0.264. The van der Waals surface area contributed by atoms with Crippen LogP contribution in [0, 0.1) is 0 Å². The van der Waals surface area contributed by atoms with Gasteiger partial charge in [0.15, 0.2) is 5.82 Å². The summed E-state index contributed by atoms with van der Waals surface area (Å²) in [5, 5.41) is 14.8. The number of hydrogen-bond donors (Lipinski definition) is 1. The van der Waals surface area contributed by atoms with Gasteiger partial charge in [-0.05, 0) is 90.4 Å². The summed E-state index contributed by atoms with van der Waals surface area (Å²) < 4.78 is 86.9. The fourth-order valence-corrected chi connectivity index (χ4v) is 6.37. The summed E-state index contributed by atoms with van der Waals surface area (Å²) in [5.41, 5.74) is -0.934. The Morgan fingerprint density at radius 3 is 2.43 bits per heavy atom. The molecule has 6 rings (SSSR count). The van der Waals surface area contributed by atoms with E-state index in [1.165, 1.54) is 15.6 Å². The van der Waals surface area contributed by atoms with Gasteiger partial charge in [0.05, 0.1) is 23.6 Å². The normalized spacial score (nSPS) is 23.5. The summed E-state index contributed by atoms with van der Waals surface area (Å²) in [6.07, 6.45) is -7.85. The number of benzene rings is 2. The van der Waals surface area contributed by atoms with E-state index in [1.807, 2.05) is 6.92 Å². The number of nitrogens with zero attached hydrogens (tertiary/aromatic N) is 5. The minimum atomic E-state index is -4.81. The molecule has 0 spiro atoms. The molecule has 0 atom stereocenters. The average Bonchev–Trinajstić information content (AvgIpc) is 3.45. The smallest absolute Gasteiger partial charge is 0.307 e. The first-order valence-corrected chi connectivity index (χ1v) is 13.6. The molecule has 1 amide bonds. The molecule has 1 aliphatic heterocycles. The predicted molar refractivity (Wildman–Crippen MR) is 137 cm³/mol. The molecule has 0 radical (unpaired) electrons. The van der Waals surface area contributed by atoms with Crippen molar-refractivity contribution in [3.8, 4) is 0 Å². The second-order valence-corrected chi connectivity index (χ2v) is 11.7. The zero-order valence-corrected chi connectivity index (χ0v) is 22.8. The summed E-state index contributed by atoms with van der Waals surface area (Å²) in [7, 11) is 1.57.